The van der Waals surface area contributed by atoms with Gasteiger partial charge < -0.3 is 10.4 Å². The Balaban J connectivity index is 4.29. The number of amides is 1. The van der Waals surface area contributed by atoms with Crippen LogP contribution in [-0.2, 0) is 9.59 Å². The molecule has 0 radical (unpaired) electrons. The van der Waals surface area contributed by atoms with Crippen molar-refractivity contribution >= 4 is 11.9 Å². The van der Waals surface area contributed by atoms with Gasteiger partial charge in [0.05, 0.1) is 5.41 Å². The van der Waals surface area contributed by atoms with Crippen LogP contribution in [-0.4, -0.2) is 23.5 Å². The predicted octanol–water partition coefficient (Wildman–Crippen LogP) is 2.18. The molecule has 0 aliphatic heterocycles. The lowest BCUT2D eigenvalue weighted by atomic mass is 9.79. The molecule has 0 rings (SSSR count). The highest BCUT2D eigenvalue weighted by Crippen LogP contribution is 2.30. The third-order valence-corrected chi connectivity index (χ3v) is 3.16. The molecule has 4 nitrogen and oxygen atoms in total. The third-order valence-electron chi connectivity index (χ3n) is 3.16. The van der Waals surface area contributed by atoms with E-state index >= 15 is 0 Å². The van der Waals surface area contributed by atoms with Crippen LogP contribution < -0.4 is 5.32 Å². The van der Waals surface area contributed by atoms with Crippen LogP contribution in [0.15, 0.2) is 0 Å². The Morgan fingerprint density at radius 1 is 1.19 bits per heavy atom. The van der Waals surface area contributed by atoms with E-state index in [9.17, 15) is 9.59 Å². The van der Waals surface area contributed by atoms with Gasteiger partial charge in [0.1, 0.15) is 0 Å². The van der Waals surface area contributed by atoms with E-state index in [1.807, 2.05) is 20.8 Å². The first-order chi connectivity index (χ1) is 7.52. The van der Waals surface area contributed by atoms with Crippen LogP contribution >= 0.6 is 0 Å². The lowest BCUT2D eigenvalue weighted by Crippen LogP contribution is -2.37. The molecular formula is C12H23NO3. The Labute approximate surface area is 97.4 Å². The minimum Gasteiger partial charge on any atom is -0.481 e. The second kappa shape index (κ2) is 7.25. The molecule has 0 unspecified atom stereocenters. The molecule has 4 heteroatoms. The average Bonchev–Trinajstić information content (AvgIpc) is 2.26. The Kier molecular flexibility index (Phi) is 6.77. The summed E-state index contributed by atoms with van der Waals surface area (Å²) in [6, 6.07) is 0. The van der Waals surface area contributed by atoms with Gasteiger partial charge in [0.2, 0.25) is 5.91 Å². The number of unbranched alkanes of at least 4 members (excludes halogenated alkanes) is 1. The molecule has 94 valence electrons. The van der Waals surface area contributed by atoms with Gasteiger partial charge in [-0.2, -0.15) is 0 Å². The fourth-order valence-corrected chi connectivity index (χ4v) is 1.65. The second-order valence-electron chi connectivity index (χ2n) is 4.17. The van der Waals surface area contributed by atoms with Crippen molar-refractivity contribution in [1.82, 2.24) is 5.32 Å². The maximum Gasteiger partial charge on any atom is 0.310 e. The fourth-order valence-electron chi connectivity index (χ4n) is 1.65. The van der Waals surface area contributed by atoms with Gasteiger partial charge in [-0.1, -0.05) is 27.2 Å². The number of carbonyl (C=O) groups excluding carboxylic acids is 1. The molecule has 0 aromatic rings. The molecule has 0 saturated heterocycles. The van der Waals surface area contributed by atoms with E-state index in [0.29, 0.717) is 19.4 Å². The van der Waals surface area contributed by atoms with E-state index < -0.39 is 11.4 Å². The lowest BCUT2D eigenvalue weighted by molar-refractivity contribution is -0.152. The third kappa shape index (κ3) is 4.21. The van der Waals surface area contributed by atoms with Crippen LogP contribution in [0.4, 0.5) is 0 Å². The van der Waals surface area contributed by atoms with Crippen LogP contribution in [0.5, 0.6) is 0 Å². The van der Waals surface area contributed by atoms with Crippen molar-refractivity contribution in [3.05, 3.63) is 0 Å². The van der Waals surface area contributed by atoms with Crippen LogP contribution in [0.25, 0.3) is 0 Å². The first-order valence-electron chi connectivity index (χ1n) is 6.02. The summed E-state index contributed by atoms with van der Waals surface area (Å²) >= 11 is 0. The summed E-state index contributed by atoms with van der Waals surface area (Å²) in [6.07, 6.45) is 3.01. The van der Waals surface area contributed by atoms with E-state index in [-0.39, 0.29) is 12.3 Å². The highest BCUT2D eigenvalue weighted by atomic mass is 16.4. The van der Waals surface area contributed by atoms with Crippen LogP contribution in [0.2, 0.25) is 0 Å². The van der Waals surface area contributed by atoms with Crippen LogP contribution in [0, 0.1) is 5.41 Å². The molecule has 0 atom stereocenters. The zero-order valence-electron chi connectivity index (χ0n) is 10.5. The van der Waals surface area contributed by atoms with Crippen molar-refractivity contribution in [3.63, 3.8) is 0 Å². The Bertz CT molecular complexity index is 234. The molecule has 0 aromatic heterocycles. The van der Waals surface area contributed by atoms with Gasteiger partial charge in [0.25, 0.3) is 0 Å². The number of hydrogen-bond donors (Lipinski definition) is 2. The predicted molar refractivity (Wildman–Crippen MR) is 63.2 cm³/mol. The van der Waals surface area contributed by atoms with Crippen molar-refractivity contribution in [2.75, 3.05) is 6.54 Å². The summed E-state index contributed by atoms with van der Waals surface area (Å²) in [5.41, 5.74) is -0.893. The van der Waals surface area contributed by atoms with E-state index in [0.717, 1.165) is 12.8 Å². The summed E-state index contributed by atoms with van der Waals surface area (Å²) in [5, 5.41) is 11.9. The molecule has 1 amide bonds. The SMILES string of the molecule is CCCCNC(=O)CC(CC)(CC)C(=O)O. The van der Waals surface area contributed by atoms with E-state index in [1.165, 1.54) is 0 Å². The molecular weight excluding hydrogens is 206 g/mol. The highest BCUT2D eigenvalue weighted by Gasteiger charge is 2.36. The van der Waals surface area contributed by atoms with E-state index in [1.54, 1.807) is 0 Å². The van der Waals surface area contributed by atoms with E-state index in [4.69, 9.17) is 5.11 Å². The van der Waals surface area contributed by atoms with Crippen molar-refractivity contribution in [2.45, 2.75) is 52.9 Å². The fraction of sp³-hybridized carbons (Fsp3) is 0.833. The molecule has 0 aliphatic carbocycles. The average molecular weight is 229 g/mol. The van der Waals surface area contributed by atoms with Gasteiger partial charge in [-0.05, 0) is 19.3 Å². The van der Waals surface area contributed by atoms with Crippen molar-refractivity contribution < 1.29 is 14.7 Å². The maximum absolute atomic E-state index is 11.6. The molecule has 0 heterocycles. The van der Waals surface area contributed by atoms with Crippen molar-refractivity contribution in [1.29, 1.82) is 0 Å². The van der Waals surface area contributed by atoms with Gasteiger partial charge >= 0.3 is 5.97 Å². The molecule has 0 fully saturated rings. The largest absolute Gasteiger partial charge is 0.481 e. The zero-order chi connectivity index (χ0) is 12.6. The van der Waals surface area contributed by atoms with Gasteiger partial charge in [0, 0.05) is 13.0 Å². The summed E-state index contributed by atoms with van der Waals surface area (Å²) in [7, 11) is 0. The standard InChI is InChI=1S/C12H23NO3/c1-4-7-8-13-10(14)9-12(5-2,6-3)11(15)16/h4-9H2,1-3H3,(H,13,14)(H,15,16). The minimum absolute atomic E-state index is 0.0824. The number of rotatable bonds is 8. The van der Waals surface area contributed by atoms with Gasteiger partial charge in [-0.25, -0.2) is 0 Å². The topological polar surface area (TPSA) is 66.4 Å². The monoisotopic (exact) mass is 229 g/mol. The normalized spacial score (nSPS) is 11.2. The number of carboxylic acid groups (broad SMARTS) is 1. The first kappa shape index (κ1) is 14.9. The quantitative estimate of drug-likeness (QED) is 0.627. The smallest absolute Gasteiger partial charge is 0.310 e. The van der Waals surface area contributed by atoms with E-state index in [2.05, 4.69) is 5.32 Å². The summed E-state index contributed by atoms with van der Waals surface area (Å²) < 4.78 is 0. The number of nitrogens with one attached hydrogen (secondary N) is 1. The van der Waals surface area contributed by atoms with Crippen molar-refractivity contribution in [2.24, 2.45) is 5.41 Å². The molecule has 2 N–H and O–H groups in total. The number of carbonyl (C=O) groups is 2. The van der Waals surface area contributed by atoms with Gasteiger partial charge in [-0.3, -0.25) is 9.59 Å². The Hall–Kier alpha value is -1.06. The maximum atomic E-state index is 11.6. The number of aliphatic carboxylic acids is 1. The molecule has 0 bridgehead atoms. The minimum atomic E-state index is -0.893. The Morgan fingerprint density at radius 2 is 1.75 bits per heavy atom. The molecule has 0 aromatic carbocycles. The lowest BCUT2D eigenvalue weighted by Gasteiger charge is -2.25. The van der Waals surface area contributed by atoms with Crippen LogP contribution in [0.3, 0.4) is 0 Å². The summed E-state index contributed by atoms with van der Waals surface area (Å²) in [6.45, 7) is 6.32. The molecule has 0 aliphatic rings. The Morgan fingerprint density at radius 3 is 2.12 bits per heavy atom. The first-order valence-corrected chi connectivity index (χ1v) is 6.02. The second-order valence-corrected chi connectivity index (χ2v) is 4.17. The highest BCUT2D eigenvalue weighted by molar-refractivity contribution is 5.84. The number of hydrogen-bond acceptors (Lipinski definition) is 2. The summed E-state index contributed by atoms with van der Waals surface area (Å²) in [5.74, 6) is -1.03. The molecule has 0 saturated carbocycles. The molecule has 16 heavy (non-hydrogen) atoms. The van der Waals surface area contributed by atoms with Gasteiger partial charge in [-0.15, -0.1) is 0 Å². The van der Waals surface area contributed by atoms with Gasteiger partial charge in [0.15, 0.2) is 0 Å². The summed E-state index contributed by atoms with van der Waals surface area (Å²) in [4.78, 5) is 22.8. The molecule has 0 spiro atoms. The van der Waals surface area contributed by atoms with Crippen LogP contribution in [0.1, 0.15) is 52.9 Å². The van der Waals surface area contributed by atoms with Crippen molar-refractivity contribution in [3.8, 4) is 0 Å². The zero-order valence-corrected chi connectivity index (χ0v) is 10.5. The number of carboxylic acids is 1.